The van der Waals surface area contributed by atoms with Crippen LogP contribution in [0.2, 0.25) is 0 Å². The lowest BCUT2D eigenvalue weighted by atomic mass is 9.90. The molecule has 18 heavy (non-hydrogen) atoms. The third-order valence-electron chi connectivity index (χ3n) is 3.61. The van der Waals surface area contributed by atoms with Crippen LogP contribution in [0.15, 0.2) is 18.2 Å². The largest absolute Gasteiger partial charge is 0.395 e. The summed E-state index contributed by atoms with van der Waals surface area (Å²) in [7, 11) is 0. The summed E-state index contributed by atoms with van der Waals surface area (Å²) in [4.78, 5) is 1.90. The van der Waals surface area contributed by atoms with E-state index >= 15 is 0 Å². The van der Waals surface area contributed by atoms with Crippen molar-refractivity contribution in [3.63, 3.8) is 0 Å². The molecule has 0 bridgehead atoms. The first-order valence-corrected chi connectivity index (χ1v) is 6.49. The van der Waals surface area contributed by atoms with E-state index in [1.165, 1.54) is 6.07 Å². The lowest BCUT2D eigenvalue weighted by Crippen LogP contribution is -2.43. The Morgan fingerprint density at radius 1 is 1.44 bits per heavy atom. The van der Waals surface area contributed by atoms with Crippen molar-refractivity contribution in [1.82, 2.24) is 0 Å². The minimum absolute atomic E-state index is 0.00984. The molecule has 1 aliphatic carbocycles. The normalized spacial score (nSPS) is 17.3. The van der Waals surface area contributed by atoms with Crippen molar-refractivity contribution in [2.75, 3.05) is 18.1 Å². The zero-order valence-corrected chi connectivity index (χ0v) is 10.6. The number of aliphatic hydroxyl groups excluding tert-OH is 2. The Morgan fingerprint density at radius 3 is 2.67 bits per heavy atom. The summed E-state index contributed by atoms with van der Waals surface area (Å²) < 4.78 is 14.1. The Balaban J connectivity index is 2.38. The molecule has 1 aliphatic rings. The van der Waals surface area contributed by atoms with Gasteiger partial charge in [-0.05, 0) is 32.3 Å². The first-order valence-electron chi connectivity index (χ1n) is 6.49. The summed E-state index contributed by atoms with van der Waals surface area (Å²) in [6.07, 6.45) is 2.48. The van der Waals surface area contributed by atoms with Gasteiger partial charge in [-0.25, -0.2) is 4.39 Å². The fourth-order valence-electron chi connectivity index (χ4n) is 2.46. The molecule has 2 rings (SSSR count). The second-order valence-corrected chi connectivity index (χ2v) is 4.86. The van der Waals surface area contributed by atoms with Crippen molar-refractivity contribution in [3.05, 3.63) is 29.6 Å². The molecule has 3 nitrogen and oxygen atoms in total. The second kappa shape index (κ2) is 5.67. The van der Waals surface area contributed by atoms with Gasteiger partial charge in [0, 0.05) is 18.2 Å². The van der Waals surface area contributed by atoms with Crippen LogP contribution < -0.4 is 4.90 Å². The van der Waals surface area contributed by atoms with E-state index < -0.39 is 6.10 Å². The van der Waals surface area contributed by atoms with E-state index in [2.05, 4.69) is 0 Å². The molecular weight excluding hydrogens is 233 g/mol. The Labute approximate surface area is 107 Å². The number of hydrogen-bond donors (Lipinski definition) is 2. The second-order valence-electron chi connectivity index (χ2n) is 4.86. The van der Waals surface area contributed by atoms with Crippen LogP contribution in [0.3, 0.4) is 0 Å². The van der Waals surface area contributed by atoms with Crippen LogP contribution in [0, 0.1) is 5.82 Å². The maximum atomic E-state index is 14.1. The van der Waals surface area contributed by atoms with Crippen LogP contribution in [-0.2, 0) is 0 Å². The maximum absolute atomic E-state index is 14.1. The predicted octanol–water partition coefficient (Wildman–Crippen LogP) is 2.23. The molecule has 1 unspecified atom stereocenters. The summed E-state index contributed by atoms with van der Waals surface area (Å²) in [6.45, 7) is 2.03. The monoisotopic (exact) mass is 253 g/mol. The molecule has 1 saturated carbocycles. The van der Waals surface area contributed by atoms with Gasteiger partial charge in [-0.1, -0.05) is 12.1 Å². The van der Waals surface area contributed by atoms with Gasteiger partial charge in [-0.3, -0.25) is 0 Å². The van der Waals surface area contributed by atoms with Crippen molar-refractivity contribution in [3.8, 4) is 0 Å². The molecule has 0 spiro atoms. The van der Waals surface area contributed by atoms with Crippen LogP contribution in [-0.4, -0.2) is 29.4 Å². The standard InChI is InChI=1S/C14H20FNO2/c1-10(18)12-6-3-7-13(15)14(12)16(8-9-17)11-4-2-5-11/h3,6-7,10-11,17-18H,2,4-5,8-9H2,1H3. The van der Waals surface area contributed by atoms with E-state index in [0.29, 0.717) is 17.8 Å². The number of hydrogen-bond acceptors (Lipinski definition) is 3. The molecule has 4 heteroatoms. The van der Waals surface area contributed by atoms with Crippen molar-refractivity contribution < 1.29 is 14.6 Å². The highest BCUT2D eigenvalue weighted by Gasteiger charge is 2.28. The smallest absolute Gasteiger partial charge is 0.146 e. The molecule has 0 amide bonds. The third kappa shape index (κ3) is 2.49. The number of aliphatic hydroxyl groups is 2. The molecule has 1 aromatic rings. The minimum atomic E-state index is -0.711. The van der Waals surface area contributed by atoms with Crippen LogP contribution in [0.1, 0.15) is 37.9 Å². The summed E-state index contributed by atoms with van der Waals surface area (Å²) >= 11 is 0. The van der Waals surface area contributed by atoms with Crippen LogP contribution in [0.25, 0.3) is 0 Å². The van der Waals surface area contributed by atoms with E-state index in [0.717, 1.165) is 19.3 Å². The van der Waals surface area contributed by atoms with Gasteiger partial charge in [-0.2, -0.15) is 0 Å². The molecule has 1 fully saturated rings. The Kier molecular flexibility index (Phi) is 4.19. The zero-order valence-electron chi connectivity index (χ0n) is 10.6. The van der Waals surface area contributed by atoms with Gasteiger partial charge in [0.15, 0.2) is 0 Å². The zero-order chi connectivity index (χ0) is 13.1. The highest BCUT2D eigenvalue weighted by atomic mass is 19.1. The van der Waals surface area contributed by atoms with E-state index in [-0.39, 0.29) is 18.5 Å². The van der Waals surface area contributed by atoms with Gasteiger partial charge < -0.3 is 15.1 Å². The average molecular weight is 253 g/mol. The first kappa shape index (κ1) is 13.3. The lowest BCUT2D eigenvalue weighted by Gasteiger charge is -2.40. The van der Waals surface area contributed by atoms with E-state index in [1.807, 2.05) is 4.90 Å². The number of halogens is 1. The molecule has 0 heterocycles. The third-order valence-corrected chi connectivity index (χ3v) is 3.61. The average Bonchev–Trinajstić information content (AvgIpc) is 2.25. The number of anilines is 1. The predicted molar refractivity (Wildman–Crippen MR) is 69.1 cm³/mol. The van der Waals surface area contributed by atoms with Gasteiger partial charge in [0.2, 0.25) is 0 Å². The van der Waals surface area contributed by atoms with Gasteiger partial charge in [0.1, 0.15) is 5.82 Å². The van der Waals surface area contributed by atoms with Gasteiger partial charge in [0.25, 0.3) is 0 Å². The van der Waals surface area contributed by atoms with Gasteiger partial charge >= 0.3 is 0 Å². The Bertz CT molecular complexity index is 405. The number of para-hydroxylation sites is 1. The number of nitrogens with zero attached hydrogens (tertiary/aromatic N) is 1. The minimum Gasteiger partial charge on any atom is -0.395 e. The highest BCUT2D eigenvalue weighted by Crippen LogP contribution is 2.35. The van der Waals surface area contributed by atoms with Crippen LogP contribution in [0.4, 0.5) is 10.1 Å². The quantitative estimate of drug-likeness (QED) is 0.845. The highest BCUT2D eigenvalue weighted by molar-refractivity contribution is 5.57. The van der Waals surface area contributed by atoms with Crippen molar-refractivity contribution >= 4 is 5.69 Å². The van der Waals surface area contributed by atoms with Crippen LogP contribution >= 0.6 is 0 Å². The van der Waals surface area contributed by atoms with Crippen LogP contribution in [0.5, 0.6) is 0 Å². The fraction of sp³-hybridized carbons (Fsp3) is 0.571. The molecule has 2 N–H and O–H groups in total. The first-order chi connectivity index (χ1) is 8.65. The van der Waals surface area contributed by atoms with E-state index in [1.54, 1.807) is 19.1 Å². The Morgan fingerprint density at radius 2 is 2.17 bits per heavy atom. The topological polar surface area (TPSA) is 43.7 Å². The van der Waals surface area contributed by atoms with Crippen molar-refractivity contribution in [2.45, 2.75) is 38.3 Å². The maximum Gasteiger partial charge on any atom is 0.146 e. The number of benzene rings is 1. The lowest BCUT2D eigenvalue weighted by molar-refractivity contribution is 0.198. The van der Waals surface area contributed by atoms with Gasteiger partial charge in [-0.15, -0.1) is 0 Å². The summed E-state index contributed by atoms with van der Waals surface area (Å²) in [5.41, 5.74) is 1.04. The molecule has 0 radical (unpaired) electrons. The number of rotatable bonds is 5. The SMILES string of the molecule is CC(O)c1cccc(F)c1N(CCO)C1CCC1. The summed E-state index contributed by atoms with van der Waals surface area (Å²) in [5.74, 6) is -0.325. The molecule has 1 atom stereocenters. The van der Waals surface area contributed by atoms with Crippen molar-refractivity contribution in [1.29, 1.82) is 0 Å². The van der Waals surface area contributed by atoms with E-state index in [4.69, 9.17) is 5.11 Å². The van der Waals surface area contributed by atoms with Crippen molar-refractivity contribution in [2.24, 2.45) is 0 Å². The molecule has 100 valence electrons. The summed E-state index contributed by atoms with van der Waals surface area (Å²) in [5, 5.41) is 18.9. The van der Waals surface area contributed by atoms with E-state index in [9.17, 15) is 9.50 Å². The van der Waals surface area contributed by atoms with Gasteiger partial charge in [0.05, 0.1) is 18.4 Å². The molecular formula is C14H20FNO2. The summed E-state index contributed by atoms with van der Waals surface area (Å²) in [6, 6.07) is 5.04. The molecule has 0 aromatic heterocycles. The molecule has 0 aliphatic heterocycles. The molecule has 1 aromatic carbocycles. The Hall–Kier alpha value is -1.13. The fourth-order valence-corrected chi connectivity index (χ4v) is 2.46. The molecule has 0 saturated heterocycles.